The summed E-state index contributed by atoms with van der Waals surface area (Å²) < 4.78 is 85.0. The normalized spacial score (nSPS) is 12.1. The second-order valence-corrected chi connectivity index (χ2v) is 4.43. The van der Waals surface area contributed by atoms with Gasteiger partial charge in [-0.05, 0) is 19.1 Å². The lowest BCUT2D eigenvalue weighted by molar-refractivity contribution is -0.274. The second kappa shape index (κ2) is 6.61. The van der Waals surface area contributed by atoms with Gasteiger partial charge in [-0.3, -0.25) is 0 Å². The maximum absolute atomic E-state index is 13.0. The summed E-state index contributed by atoms with van der Waals surface area (Å²) in [4.78, 5) is 11.9. The average Bonchev–Trinajstić information content (AvgIpc) is 2.91. The smallest absolute Gasteiger partial charge is 0.461 e. The Bertz CT molecular complexity index is 769. The van der Waals surface area contributed by atoms with Crippen LogP contribution in [0.4, 0.5) is 26.3 Å². The molecule has 0 unspecified atom stereocenters. The number of hydrogen-bond acceptors (Lipinski definition) is 5. The summed E-state index contributed by atoms with van der Waals surface area (Å²) in [5, 5.41) is 6.00. The highest BCUT2D eigenvalue weighted by Crippen LogP contribution is 2.34. The van der Waals surface area contributed by atoms with Gasteiger partial charge in [0.05, 0.1) is 6.61 Å². The Hall–Kier alpha value is -2.79. The molecule has 1 aromatic heterocycles. The third kappa shape index (κ3) is 4.19. The molecule has 0 spiro atoms. The summed E-state index contributed by atoms with van der Waals surface area (Å²) in [7, 11) is 0. The molecule has 0 fully saturated rings. The standard InChI is InChI=1S/C13H9F6N3O3/c1-2-24-11(23)9-10(12(14,15)16)20-21-22(9)7-5-3-4-6-8(7)25-13(17,18)19/h3-6H,2H2,1H3. The Balaban J connectivity index is 2.65. The van der Waals surface area contributed by atoms with E-state index < -0.39 is 41.3 Å². The van der Waals surface area contributed by atoms with Crippen LogP contribution >= 0.6 is 0 Å². The molecule has 0 saturated carbocycles. The number of aromatic nitrogens is 3. The van der Waals surface area contributed by atoms with Crippen LogP contribution in [0.25, 0.3) is 5.69 Å². The van der Waals surface area contributed by atoms with Gasteiger partial charge in [-0.15, -0.1) is 18.3 Å². The molecule has 0 N–H and O–H groups in total. The van der Waals surface area contributed by atoms with Crippen LogP contribution in [0.1, 0.15) is 23.1 Å². The molecule has 0 amide bonds. The minimum Gasteiger partial charge on any atom is -0.461 e. The Morgan fingerprint density at radius 1 is 1.16 bits per heavy atom. The van der Waals surface area contributed by atoms with Gasteiger partial charge in [0.1, 0.15) is 5.69 Å². The van der Waals surface area contributed by atoms with Crippen LogP contribution in [0.3, 0.4) is 0 Å². The van der Waals surface area contributed by atoms with E-state index in [4.69, 9.17) is 0 Å². The van der Waals surface area contributed by atoms with E-state index in [0.29, 0.717) is 4.68 Å². The molecule has 6 nitrogen and oxygen atoms in total. The van der Waals surface area contributed by atoms with Crippen molar-refractivity contribution in [3.05, 3.63) is 35.7 Å². The molecule has 2 rings (SSSR count). The van der Waals surface area contributed by atoms with Crippen LogP contribution in [0.15, 0.2) is 24.3 Å². The van der Waals surface area contributed by atoms with E-state index in [0.717, 1.165) is 18.2 Å². The summed E-state index contributed by atoms with van der Waals surface area (Å²) in [6.07, 6.45) is -10.2. The van der Waals surface area contributed by atoms with Gasteiger partial charge >= 0.3 is 18.5 Å². The van der Waals surface area contributed by atoms with Crippen LogP contribution in [-0.2, 0) is 10.9 Å². The highest BCUT2D eigenvalue weighted by atomic mass is 19.4. The van der Waals surface area contributed by atoms with Crippen molar-refractivity contribution in [3.8, 4) is 11.4 Å². The predicted molar refractivity (Wildman–Crippen MR) is 69.0 cm³/mol. The average molecular weight is 369 g/mol. The minimum absolute atomic E-state index is 0.262. The largest absolute Gasteiger partial charge is 0.573 e. The fraction of sp³-hybridized carbons (Fsp3) is 0.308. The zero-order chi connectivity index (χ0) is 18.8. The topological polar surface area (TPSA) is 66.2 Å². The van der Waals surface area contributed by atoms with E-state index in [2.05, 4.69) is 19.8 Å². The number of alkyl halides is 6. The summed E-state index contributed by atoms with van der Waals surface area (Å²) in [5.74, 6) is -2.30. The molecule has 0 bridgehead atoms. The van der Waals surface area contributed by atoms with Crippen LogP contribution in [-0.4, -0.2) is 33.9 Å². The lowest BCUT2D eigenvalue weighted by Gasteiger charge is -2.14. The van der Waals surface area contributed by atoms with Crippen molar-refractivity contribution >= 4 is 5.97 Å². The molecule has 136 valence electrons. The first kappa shape index (κ1) is 18.5. The summed E-state index contributed by atoms with van der Waals surface area (Å²) in [6.45, 7) is 1.09. The van der Waals surface area contributed by atoms with Crippen molar-refractivity contribution < 1.29 is 40.6 Å². The SMILES string of the molecule is CCOC(=O)c1c(C(F)(F)F)nnn1-c1ccccc1OC(F)(F)F. The van der Waals surface area contributed by atoms with Crippen LogP contribution in [0, 0.1) is 0 Å². The molecule has 0 atom stereocenters. The lowest BCUT2D eigenvalue weighted by atomic mass is 10.2. The third-order valence-corrected chi connectivity index (χ3v) is 2.73. The Labute approximate surface area is 135 Å². The number of halogens is 6. The number of hydrogen-bond donors (Lipinski definition) is 0. The van der Waals surface area contributed by atoms with Gasteiger partial charge in [-0.25, -0.2) is 9.48 Å². The molecule has 0 aliphatic heterocycles. The monoisotopic (exact) mass is 369 g/mol. The van der Waals surface area contributed by atoms with Crippen LogP contribution in [0.2, 0.25) is 0 Å². The molecule has 0 radical (unpaired) electrons. The van der Waals surface area contributed by atoms with Crippen LogP contribution in [0.5, 0.6) is 5.75 Å². The molecule has 2 aromatic rings. The Morgan fingerprint density at radius 3 is 2.36 bits per heavy atom. The highest BCUT2D eigenvalue weighted by molar-refractivity contribution is 5.89. The fourth-order valence-electron chi connectivity index (χ4n) is 1.87. The van der Waals surface area contributed by atoms with Crippen molar-refractivity contribution in [2.45, 2.75) is 19.5 Å². The third-order valence-electron chi connectivity index (χ3n) is 2.73. The minimum atomic E-state index is -5.10. The van der Waals surface area contributed by atoms with Gasteiger partial charge < -0.3 is 9.47 Å². The van der Waals surface area contributed by atoms with E-state index in [1.165, 1.54) is 13.0 Å². The molecule has 1 aromatic carbocycles. The molecule has 0 saturated heterocycles. The van der Waals surface area contributed by atoms with E-state index in [1.807, 2.05) is 0 Å². The van der Waals surface area contributed by atoms with Crippen molar-refractivity contribution in [2.75, 3.05) is 6.61 Å². The number of nitrogens with zero attached hydrogens (tertiary/aromatic N) is 3. The number of carbonyl (C=O) groups excluding carboxylic acids is 1. The first-order valence-electron chi connectivity index (χ1n) is 6.59. The number of esters is 1. The van der Waals surface area contributed by atoms with E-state index >= 15 is 0 Å². The molecule has 12 heteroatoms. The van der Waals surface area contributed by atoms with Gasteiger partial charge in [0.15, 0.2) is 11.4 Å². The molecule has 0 aliphatic rings. The summed E-state index contributed by atoms with van der Waals surface area (Å²) >= 11 is 0. The highest BCUT2D eigenvalue weighted by Gasteiger charge is 2.42. The van der Waals surface area contributed by atoms with E-state index in [-0.39, 0.29) is 6.61 Å². The first-order chi connectivity index (χ1) is 11.5. The number of ether oxygens (including phenoxy) is 2. The van der Waals surface area contributed by atoms with E-state index in [9.17, 15) is 31.1 Å². The van der Waals surface area contributed by atoms with Crippen LogP contribution < -0.4 is 4.74 Å². The molecular weight excluding hydrogens is 360 g/mol. The van der Waals surface area contributed by atoms with E-state index in [1.54, 1.807) is 0 Å². The van der Waals surface area contributed by atoms with Crippen molar-refractivity contribution in [1.82, 2.24) is 15.0 Å². The van der Waals surface area contributed by atoms with Gasteiger partial charge in [0, 0.05) is 0 Å². The second-order valence-electron chi connectivity index (χ2n) is 4.43. The Kier molecular flexibility index (Phi) is 4.90. The van der Waals surface area contributed by atoms with Gasteiger partial charge in [0.25, 0.3) is 0 Å². The summed E-state index contributed by atoms with van der Waals surface area (Å²) in [5.41, 5.74) is -3.41. The maximum Gasteiger partial charge on any atom is 0.573 e. The lowest BCUT2D eigenvalue weighted by Crippen LogP contribution is -2.21. The molecule has 0 aliphatic carbocycles. The fourth-order valence-corrected chi connectivity index (χ4v) is 1.87. The van der Waals surface area contributed by atoms with Gasteiger partial charge in [0.2, 0.25) is 5.69 Å². The van der Waals surface area contributed by atoms with Gasteiger partial charge in [-0.1, -0.05) is 17.3 Å². The number of benzene rings is 1. The zero-order valence-corrected chi connectivity index (χ0v) is 12.4. The zero-order valence-electron chi connectivity index (χ0n) is 12.4. The Morgan fingerprint density at radius 2 is 1.80 bits per heavy atom. The number of rotatable bonds is 4. The molecule has 1 heterocycles. The van der Waals surface area contributed by atoms with Gasteiger partial charge in [-0.2, -0.15) is 13.2 Å². The summed E-state index contributed by atoms with van der Waals surface area (Å²) in [6, 6.07) is 4.23. The first-order valence-corrected chi connectivity index (χ1v) is 6.59. The number of carbonyl (C=O) groups is 1. The maximum atomic E-state index is 13.0. The quantitative estimate of drug-likeness (QED) is 0.611. The van der Waals surface area contributed by atoms with Crippen molar-refractivity contribution in [2.24, 2.45) is 0 Å². The van der Waals surface area contributed by atoms with Crippen molar-refractivity contribution in [3.63, 3.8) is 0 Å². The molecule has 25 heavy (non-hydrogen) atoms. The number of para-hydroxylation sites is 2. The predicted octanol–water partition coefficient (Wildman–Crippen LogP) is 3.36. The van der Waals surface area contributed by atoms with Crippen molar-refractivity contribution in [1.29, 1.82) is 0 Å². The molecular formula is C13H9F6N3O3.